The summed E-state index contributed by atoms with van der Waals surface area (Å²) in [6.45, 7) is 6.52. The van der Waals surface area contributed by atoms with E-state index < -0.39 is 0 Å². The number of ether oxygens (including phenoxy) is 1. The van der Waals surface area contributed by atoms with Crippen LogP contribution in [-0.2, 0) is 9.53 Å². The predicted molar refractivity (Wildman–Crippen MR) is 107 cm³/mol. The molecule has 2 atom stereocenters. The minimum absolute atomic E-state index is 0.0406. The van der Waals surface area contributed by atoms with Crippen molar-refractivity contribution in [2.24, 2.45) is 5.92 Å². The lowest BCUT2D eigenvalue weighted by atomic mass is 9.93. The van der Waals surface area contributed by atoms with Crippen molar-refractivity contribution in [3.63, 3.8) is 0 Å². The Bertz CT molecular complexity index is 997. The fourth-order valence-corrected chi connectivity index (χ4v) is 3.89. The van der Waals surface area contributed by atoms with Crippen LogP contribution in [-0.4, -0.2) is 27.3 Å². The van der Waals surface area contributed by atoms with Crippen molar-refractivity contribution in [3.8, 4) is 5.69 Å². The van der Waals surface area contributed by atoms with E-state index in [0.717, 1.165) is 28.2 Å². The van der Waals surface area contributed by atoms with Crippen LogP contribution in [0.5, 0.6) is 0 Å². The van der Waals surface area contributed by atoms with E-state index in [0.29, 0.717) is 18.7 Å². The molecule has 1 saturated heterocycles. The number of nitrogens with one attached hydrogen (secondary N) is 1. The van der Waals surface area contributed by atoms with Crippen molar-refractivity contribution in [2.75, 3.05) is 11.9 Å². The number of carbonyl (C=O) groups excluding carboxylic acids is 1. The van der Waals surface area contributed by atoms with E-state index in [-0.39, 0.29) is 17.9 Å². The average molecular weight is 376 g/mol. The number of benzene rings is 1. The molecule has 1 fully saturated rings. The molecular formula is C22H24N4O2. The van der Waals surface area contributed by atoms with Crippen LogP contribution < -0.4 is 5.32 Å². The van der Waals surface area contributed by atoms with Crippen LogP contribution in [0.4, 0.5) is 5.69 Å². The number of hydrogen-bond donors (Lipinski definition) is 1. The highest BCUT2D eigenvalue weighted by molar-refractivity contribution is 5.93. The van der Waals surface area contributed by atoms with Crippen molar-refractivity contribution in [2.45, 2.75) is 33.3 Å². The second-order valence-electron chi connectivity index (χ2n) is 7.26. The van der Waals surface area contributed by atoms with E-state index in [1.54, 1.807) is 12.4 Å². The maximum Gasteiger partial charge on any atom is 0.230 e. The highest BCUT2D eigenvalue weighted by Crippen LogP contribution is 2.39. The van der Waals surface area contributed by atoms with E-state index in [4.69, 9.17) is 9.84 Å². The maximum atomic E-state index is 13.0. The zero-order chi connectivity index (χ0) is 19.7. The molecule has 0 aliphatic carbocycles. The molecule has 6 nitrogen and oxygen atoms in total. The largest absolute Gasteiger partial charge is 0.373 e. The van der Waals surface area contributed by atoms with Gasteiger partial charge in [-0.15, -0.1) is 0 Å². The monoisotopic (exact) mass is 376 g/mol. The number of rotatable bonds is 4. The topological polar surface area (TPSA) is 69.0 Å². The Labute approximate surface area is 164 Å². The van der Waals surface area contributed by atoms with Gasteiger partial charge in [0.15, 0.2) is 0 Å². The van der Waals surface area contributed by atoms with Crippen molar-refractivity contribution in [1.29, 1.82) is 0 Å². The fraction of sp³-hybridized carbons (Fsp3) is 0.318. The SMILES string of the molecule is Cc1cncc(NC(=O)[C@H]2CCO[C@@H]2c2c(C)nn(-c3ccccc3)c2C)c1. The normalized spacial score (nSPS) is 19.0. The zero-order valence-corrected chi connectivity index (χ0v) is 16.3. The van der Waals surface area contributed by atoms with Crippen LogP contribution in [0.3, 0.4) is 0 Å². The summed E-state index contributed by atoms with van der Waals surface area (Å²) >= 11 is 0. The Morgan fingerprint density at radius 1 is 1.18 bits per heavy atom. The number of hydrogen-bond acceptors (Lipinski definition) is 4. The number of pyridine rings is 1. The molecule has 1 aliphatic heterocycles. The van der Waals surface area contributed by atoms with Crippen molar-refractivity contribution in [3.05, 3.63) is 71.3 Å². The number of carbonyl (C=O) groups is 1. The van der Waals surface area contributed by atoms with E-state index in [1.807, 2.05) is 61.9 Å². The van der Waals surface area contributed by atoms with Gasteiger partial charge in [0.1, 0.15) is 0 Å². The third-order valence-electron chi connectivity index (χ3n) is 5.20. The zero-order valence-electron chi connectivity index (χ0n) is 16.3. The summed E-state index contributed by atoms with van der Waals surface area (Å²) in [5.41, 5.74) is 5.62. The van der Waals surface area contributed by atoms with Crippen molar-refractivity contribution < 1.29 is 9.53 Å². The average Bonchev–Trinajstić information content (AvgIpc) is 3.26. The molecular weight excluding hydrogens is 352 g/mol. The molecule has 2 aromatic heterocycles. The van der Waals surface area contributed by atoms with E-state index in [1.165, 1.54) is 0 Å². The highest BCUT2D eigenvalue weighted by Gasteiger charge is 2.38. The number of aryl methyl sites for hydroxylation is 2. The summed E-state index contributed by atoms with van der Waals surface area (Å²) in [6.07, 6.45) is 3.82. The molecule has 1 amide bonds. The van der Waals surface area contributed by atoms with Crippen LogP contribution in [0.25, 0.3) is 5.69 Å². The first-order valence-electron chi connectivity index (χ1n) is 9.50. The van der Waals surface area contributed by atoms with Gasteiger partial charge in [0, 0.05) is 24.1 Å². The standard InChI is InChI=1S/C22H24N4O2/c1-14-11-17(13-23-12-14)24-22(27)19-9-10-28-21(19)20-15(2)25-26(16(20)3)18-7-5-4-6-8-18/h4-8,11-13,19,21H,9-10H2,1-3H3,(H,24,27)/t19-,21-/m0/s1. The van der Waals surface area contributed by atoms with Crippen LogP contribution in [0.1, 0.15) is 35.0 Å². The second-order valence-corrected chi connectivity index (χ2v) is 7.26. The van der Waals surface area contributed by atoms with Crippen LogP contribution >= 0.6 is 0 Å². The van der Waals surface area contributed by atoms with Gasteiger partial charge in [-0.05, 0) is 51.0 Å². The molecule has 144 valence electrons. The smallest absolute Gasteiger partial charge is 0.230 e. The molecule has 28 heavy (non-hydrogen) atoms. The Balaban J connectivity index is 1.62. The van der Waals surface area contributed by atoms with Gasteiger partial charge in [-0.1, -0.05) is 18.2 Å². The van der Waals surface area contributed by atoms with Gasteiger partial charge in [0.2, 0.25) is 5.91 Å². The van der Waals surface area contributed by atoms with Crippen molar-refractivity contribution in [1.82, 2.24) is 14.8 Å². The molecule has 1 N–H and O–H groups in total. The van der Waals surface area contributed by atoms with E-state index in [9.17, 15) is 4.79 Å². The van der Waals surface area contributed by atoms with Gasteiger partial charge in [-0.2, -0.15) is 5.10 Å². The first-order chi connectivity index (χ1) is 13.5. The first kappa shape index (κ1) is 18.4. The quantitative estimate of drug-likeness (QED) is 0.750. The van der Waals surface area contributed by atoms with Gasteiger partial charge in [-0.25, -0.2) is 4.68 Å². The van der Waals surface area contributed by atoms with Gasteiger partial charge >= 0.3 is 0 Å². The van der Waals surface area contributed by atoms with Gasteiger partial charge in [0.05, 0.1) is 35.3 Å². The molecule has 0 saturated carbocycles. The molecule has 4 rings (SSSR count). The summed E-state index contributed by atoms with van der Waals surface area (Å²) in [5, 5.41) is 7.70. The number of para-hydroxylation sites is 1. The predicted octanol–water partition coefficient (Wildman–Crippen LogP) is 3.91. The number of anilines is 1. The molecule has 0 radical (unpaired) electrons. The third-order valence-corrected chi connectivity index (χ3v) is 5.20. The number of aromatic nitrogens is 3. The summed E-state index contributed by atoms with van der Waals surface area (Å²) in [4.78, 5) is 17.1. The minimum atomic E-state index is -0.296. The van der Waals surface area contributed by atoms with E-state index >= 15 is 0 Å². The number of nitrogens with zero attached hydrogens (tertiary/aromatic N) is 3. The Kier molecular flexibility index (Phi) is 4.96. The van der Waals surface area contributed by atoms with Crippen LogP contribution in [0.15, 0.2) is 48.8 Å². The summed E-state index contributed by atoms with van der Waals surface area (Å²) in [5.74, 6) is -0.299. The Hall–Kier alpha value is -2.99. The summed E-state index contributed by atoms with van der Waals surface area (Å²) < 4.78 is 7.94. The molecule has 0 unspecified atom stereocenters. The lowest BCUT2D eigenvalue weighted by Gasteiger charge is -2.19. The molecule has 6 heteroatoms. The van der Waals surface area contributed by atoms with Gasteiger partial charge in [0.25, 0.3) is 0 Å². The van der Waals surface area contributed by atoms with Gasteiger partial charge < -0.3 is 10.1 Å². The summed E-state index contributed by atoms with van der Waals surface area (Å²) in [7, 11) is 0. The van der Waals surface area contributed by atoms with Crippen LogP contribution in [0, 0.1) is 26.7 Å². The molecule has 0 spiro atoms. The Morgan fingerprint density at radius 2 is 1.96 bits per heavy atom. The lowest BCUT2D eigenvalue weighted by molar-refractivity contribution is -0.121. The van der Waals surface area contributed by atoms with Crippen molar-refractivity contribution >= 4 is 11.6 Å². The molecule has 3 heterocycles. The van der Waals surface area contributed by atoms with Crippen LogP contribution in [0.2, 0.25) is 0 Å². The fourth-order valence-electron chi connectivity index (χ4n) is 3.89. The molecule has 1 aliphatic rings. The Morgan fingerprint density at radius 3 is 2.71 bits per heavy atom. The molecule has 0 bridgehead atoms. The lowest BCUT2D eigenvalue weighted by Crippen LogP contribution is -2.26. The highest BCUT2D eigenvalue weighted by atomic mass is 16.5. The third kappa shape index (κ3) is 3.43. The number of amides is 1. The minimum Gasteiger partial charge on any atom is -0.373 e. The van der Waals surface area contributed by atoms with E-state index in [2.05, 4.69) is 10.3 Å². The maximum absolute atomic E-state index is 13.0. The van der Waals surface area contributed by atoms with Gasteiger partial charge in [-0.3, -0.25) is 9.78 Å². The summed E-state index contributed by atoms with van der Waals surface area (Å²) in [6, 6.07) is 11.9. The molecule has 1 aromatic carbocycles. The molecule has 3 aromatic rings. The second kappa shape index (κ2) is 7.56. The first-order valence-corrected chi connectivity index (χ1v) is 9.50.